The fraction of sp³-hybridized carbons (Fsp3) is 0.115. The molecule has 4 aromatic rings. The van der Waals surface area contributed by atoms with Gasteiger partial charge in [-0.3, -0.25) is 14.2 Å². The standard InChI is InChI=1S/C26H19F3N2O4/c1-35-25(34)17-11-9-16(10-12-17)15-30-23(32)21-13-18-5-2-3-8-22(18)31(24(21)33)20-7-4-6-19(14-20)26(27,28)29/h2-14H,15H2,1H3,(H,30,32). The summed E-state index contributed by atoms with van der Waals surface area (Å²) in [5, 5.41) is 3.16. The van der Waals surface area contributed by atoms with Crippen molar-refractivity contribution in [1.29, 1.82) is 0 Å². The van der Waals surface area contributed by atoms with Gasteiger partial charge in [0.15, 0.2) is 0 Å². The Bertz CT molecular complexity index is 1470. The maximum absolute atomic E-state index is 13.3. The fourth-order valence-corrected chi connectivity index (χ4v) is 3.65. The van der Waals surface area contributed by atoms with Gasteiger partial charge in [0, 0.05) is 12.2 Å². The first-order valence-corrected chi connectivity index (χ1v) is 10.5. The molecule has 6 nitrogen and oxygen atoms in total. The van der Waals surface area contributed by atoms with Crippen LogP contribution in [0.15, 0.2) is 83.7 Å². The highest BCUT2D eigenvalue weighted by molar-refractivity contribution is 5.97. The lowest BCUT2D eigenvalue weighted by atomic mass is 10.1. The number of ether oxygens (including phenoxy) is 1. The van der Waals surface area contributed by atoms with E-state index in [0.29, 0.717) is 22.0 Å². The summed E-state index contributed by atoms with van der Waals surface area (Å²) in [5.74, 6) is -1.18. The maximum Gasteiger partial charge on any atom is 0.416 e. The molecule has 0 spiro atoms. The molecule has 9 heteroatoms. The van der Waals surface area contributed by atoms with E-state index in [2.05, 4.69) is 10.1 Å². The molecule has 0 bridgehead atoms. The van der Waals surface area contributed by atoms with Crippen molar-refractivity contribution in [3.63, 3.8) is 0 Å². The quantitative estimate of drug-likeness (QED) is 0.419. The molecule has 0 unspecified atom stereocenters. The lowest BCUT2D eigenvalue weighted by molar-refractivity contribution is -0.137. The number of halogens is 3. The van der Waals surface area contributed by atoms with Crippen molar-refractivity contribution < 1.29 is 27.5 Å². The van der Waals surface area contributed by atoms with Crippen LogP contribution in [0.4, 0.5) is 13.2 Å². The van der Waals surface area contributed by atoms with Crippen LogP contribution in [-0.2, 0) is 17.5 Å². The Balaban J connectivity index is 1.70. The molecule has 0 atom stereocenters. The van der Waals surface area contributed by atoms with Crippen molar-refractivity contribution in [1.82, 2.24) is 9.88 Å². The van der Waals surface area contributed by atoms with E-state index in [1.54, 1.807) is 48.5 Å². The molecule has 0 saturated carbocycles. The molecule has 0 aliphatic carbocycles. The van der Waals surface area contributed by atoms with Crippen LogP contribution in [0.3, 0.4) is 0 Å². The van der Waals surface area contributed by atoms with Gasteiger partial charge in [0.2, 0.25) is 0 Å². The molecule has 0 saturated heterocycles. The summed E-state index contributed by atoms with van der Waals surface area (Å²) in [7, 11) is 1.27. The van der Waals surface area contributed by atoms with Gasteiger partial charge in [-0.2, -0.15) is 13.2 Å². The second-order valence-corrected chi connectivity index (χ2v) is 7.68. The van der Waals surface area contributed by atoms with Crippen LogP contribution in [-0.4, -0.2) is 23.6 Å². The number of nitrogens with zero attached hydrogens (tertiary/aromatic N) is 1. The van der Waals surface area contributed by atoms with E-state index in [9.17, 15) is 27.6 Å². The first-order valence-electron chi connectivity index (χ1n) is 10.5. The topological polar surface area (TPSA) is 77.4 Å². The van der Waals surface area contributed by atoms with Gasteiger partial charge in [-0.1, -0.05) is 36.4 Å². The molecule has 1 amide bonds. The molecular weight excluding hydrogens is 461 g/mol. The van der Waals surface area contributed by atoms with Crippen LogP contribution in [0.5, 0.6) is 0 Å². The van der Waals surface area contributed by atoms with Gasteiger partial charge in [0.05, 0.1) is 23.8 Å². The molecule has 0 aliphatic rings. The van der Waals surface area contributed by atoms with Gasteiger partial charge >= 0.3 is 12.1 Å². The van der Waals surface area contributed by atoms with Crippen molar-refractivity contribution in [3.05, 3.63) is 111 Å². The van der Waals surface area contributed by atoms with E-state index in [4.69, 9.17) is 0 Å². The number of amides is 1. The molecule has 1 aromatic heterocycles. The number of hydrogen-bond donors (Lipinski definition) is 1. The second-order valence-electron chi connectivity index (χ2n) is 7.68. The van der Waals surface area contributed by atoms with Crippen molar-refractivity contribution in [2.75, 3.05) is 7.11 Å². The number of carbonyl (C=O) groups is 2. The Morgan fingerprint density at radius 1 is 0.943 bits per heavy atom. The SMILES string of the molecule is COC(=O)c1ccc(CNC(=O)c2cc3ccccc3n(-c3cccc(C(F)(F)F)c3)c2=O)cc1. The average Bonchev–Trinajstić information content (AvgIpc) is 2.86. The third kappa shape index (κ3) is 4.93. The Morgan fingerprint density at radius 3 is 2.34 bits per heavy atom. The van der Waals surface area contributed by atoms with E-state index in [0.717, 1.165) is 16.7 Å². The summed E-state index contributed by atoms with van der Waals surface area (Å²) >= 11 is 0. The monoisotopic (exact) mass is 480 g/mol. The Labute approximate surface area is 197 Å². The van der Waals surface area contributed by atoms with Crippen molar-refractivity contribution in [2.24, 2.45) is 0 Å². The zero-order valence-corrected chi connectivity index (χ0v) is 18.4. The smallest absolute Gasteiger partial charge is 0.416 e. The second kappa shape index (κ2) is 9.46. The molecule has 3 aromatic carbocycles. The number of alkyl halides is 3. The number of benzene rings is 3. The summed E-state index contributed by atoms with van der Waals surface area (Å²) in [4.78, 5) is 37.8. The third-order valence-corrected chi connectivity index (χ3v) is 5.42. The van der Waals surface area contributed by atoms with E-state index >= 15 is 0 Å². The number of hydrogen-bond acceptors (Lipinski definition) is 4. The van der Waals surface area contributed by atoms with Crippen molar-refractivity contribution >= 4 is 22.8 Å². The van der Waals surface area contributed by atoms with Crippen LogP contribution < -0.4 is 10.9 Å². The van der Waals surface area contributed by atoms with Gasteiger partial charge in [-0.15, -0.1) is 0 Å². The van der Waals surface area contributed by atoms with Crippen LogP contribution in [0, 0.1) is 0 Å². The maximum atomic E-state index is 13.3. The molecule has 0 fully saturated rings. The van der Waals surface area contributed by atoms with E-state index in [1.165, 1.54) is 25.3 Å². The highest BCUT2D eigenvalue weighted by Gasteiger charge is 2.31. The predicted octanol–water partition coefficient (Wildman–Crippen LogP) is 4.73. The van der Waals surface area contributed by atoms with Crippen LogP contribution in [0.2, 0.25) is 0 Å². The number of para-hydroxylation sites is 1. The largest absolute Gasteiger partial charge is 0.465 e. The summed E-state index contributed by atoms with van der Waals surface area (Å²) in [6.07, 6.45) is -4.59. The lowest BCUT2D eigenvalue weighted by Crippen LogP contribution is -2.32. The number of carbonyl (C=O) groups excluding carboxylic acids is 2. The Kier molecular flexibility index (Phi) is 6.42. The third-order valence-electron chi connectivity index (χ3n) is 5.42. The highest BCUT2D eigenvalue weighted by Crippen LogP contribution is 2.30. The minimum absolute atomic E-state index is 0.00549. The minimum Gasteiger partial charge on any atom is -0.465 e. The predicted molar refractivity (Wildman–Crippen MR) is 123 cm³/mol. The zero-order chi connectivity index (χ0) is 25.2. The fourth-order valence-electron chi connectivity index (χ4n) is 3.65. The van der Waals surface area contributed by atoms with E-state index in [-0.39, 0.29) is 17.8 Å². The number of fused-ring (bicyclic) bond motifs is 1. The van der Waals surface area contributed by atoms with Crippen LogP contribution in [0.25, 0.3) is 16.6 Å². The molecule has 0 radical (unpaired) electrons. The molecule has 1 N–H and O–H groups in total. The molecular formula is C26H19F3N2O4. The van der Waals surface area contributed by atoms with Gasteiger partial charge in [0.25, 0.3) is 11.5 Å². The van der Waals surface area contributed by atoms with Gasteiger partial charge in [0.1, 0.15) is 5.56 Å². The molecule has 178 valence electrons. The number of methoxy groups -OCH3 is 1. The van der Waals surface area contributed by atoms with E-state index in [1.807, 2.05) is 0 Å². The Hall–Kier alpha value is -4.40. The number of rotatable bonds is 5. The number of pyridine rings is 1. The Morgan fingerprint density at radius 2 is 1.66 bits per heavy atom. The summed E-state index contributed by atoms with van der Waals surface area (Å²) in [6, 6.07) is 18.8. The lowest BCUT2D eigenvalue weighted by Gasteiger charge is -2.15. The molecule has 0 aliphatic heterocycles. The highest BCUT2D eigenvalue weighted by atomic mass is 19.4. The molecule has 35 heavy (non-hydrogen) atoms. The first-order chi connectivity index (χ1) is 16.7. The number of nitrogens with one attached hydrogen (secondary N) is 1. The molecule has 4 rings (SSSR count). The summed E-state index contributed by atoms with van der Waals surface area (Å²) in [5.41, 5.74) is -0.489. The normalized spacial score (nSPS) is 11.3. The van der Waals surface area contributed by atoms with Crippen LogP contribution >= 0.6 is 0 Å². The van der Waals surface area contributed by atoms with Gasteiger partial charge in [-0.25, -0.2) is 4.79 Å². The van der Waals surface area contributed by atoms with Crippen molar-refractivity contribution in [2.45, 2.75) is 12.7 Å². The number of aromatic nitrogens is 1. The first kappa shape index (κ1) is 23.7. The van der Waals surface area contributed by atoms with Gasteiger partial charge in [-0.05, 0) is 53.4 Å². The zero-order valence-electron chi connectivity index (χ0n) is 18.4. The van der Waals surface area contributed by atoms with Crippen LogP contribution in [0.1, 0.15) is 31.8 Å². The summed E-state index contributed by atoms with van der Waals surface area (Å²) in [6.45, 7) is 0.0656. The van der Waals surface area contributed by atoms with E-state index < -0.39 is 29.2 Å². The molecule has 1 heterocycles. The average molecular weight is 480 g/mol. The van der Waals surface area contributed by atoms with Crippen molar-refractivity contribution in [3.8, 4) is 5.69 Å². The number of esters is 1. The summed E-state index contributed by atoms with van der Waals surface area (Å²) < 4.78 is 45.6. The van der Waals surface area contributed by atoms with Gasteiger partial charge < -0.3 is 10.1 Å². The minimum atomic E-state index is -4.59.